The third kappa shape index (κ3) is 4.22. The SMILES string of the molecule is CC(=O)NC(CC(=O)Nc1nc2c(C)cccc2s1)c1ccccc1. The number of fused-ring (bicyclic) bond motifs is 1. The number of amides is 2. The van der Waals surface area contributed by atoms with E-state index in [1.54, 1.807) is 0 Å². The van der Waals surface area contributed by atoms with Gasteiger partial charge in [0.2, 0.25) is 11.8 Å². The second-order valence-corrected chi connectivity index (χ2v) is 6.89. The van der Waals surface area contributed by atoms with Crippen LogP contribution in [0.2, 0.25) is 0 Å². The highest BCUT2D eigenvalue weighted by Gasteiger charge is 2.18. The number of thiazole rings is 1. The first-order valence-corrected chi connectivity index (χ1v) is 8.82. The Bertz CT molecular complexity index is 905. The van der Waals surface area contributed by atoms with Crippen molar-refractivity contribution >= 4 is 38.5 Å². The summed E-state index contributed by atoms with van der Waals surface area (Å²) in [6.07, 6.45) is 0.151. The fraction of sp³-hybridized carbons (Fsp3) is 0.211. The number of hydrogen-bond acceptors (Lipinski definition) is 4. The number of carbonyl (C=O) groups is 2. The topological polar surface area (TPSA) is 71.1 Å². The molecule has 1 heterocycles. The maximum atomic E-state index is 12.4. The highest BCUT2D eigenvalue weighted by Crippen LogP contribution is 2.28. The van der Waals surface area contributed by atoms with Crippen molar-refractivity contribution in [3.63, 3.8) is 0 Å². The summed E-state index contributed by atoms with van der Waals surface area (Å²) >= 11 is 1.45. The summed E-state index contributed by atoms with van der Waals surface area (Å²) in [5.74, 6) is -0.350. The molecule has 0 aliphatic carbocycles. The molecule has 25 heavy (non-hydrogen) atoms. The van der Waals surface area contributed by atoms with Crippen LogP contribution in [0.25, 0.3) is 10.2 Å². The Labute approximate surface area is 150 Å². The van der Waals surface area contributed by atoms with Gasteiger partial charge in [0.25, 0.3) is 0 Å². The lowest BCUT2D eigenvalue weighted by Crippen LogP contribution is -2.29. The molecule has 0 bridgehead atoms. The molecule has 128 valence electrons. The van der Waals surface area contributed by atoms with Crippen LogP contribution < -0.4 is 10.6 Å². The maximum absolute atomic E-state index is 12.4. The van der Waals surface area contributed by atoms with E-state index in [0.717, 1.165) is 21.3 Å². The molecule has 1 unspecified atom stereocenters. The molecule has 2 amide bonds. The number of carbonyl (C=O) groups excluding carboxylic acids is 2. The molecule has 0 radical (unpaired) electrons. The lowest BCUT2D eigenvalue weighted by Gasteiger charge is -2.17. The first-order chi connectivity index (χ1) is 12.0. The zero-order chi connectivity index (χ0) is 17.8. The van der Waals surface area contributed by atoms with E-state index in [1.165, 1.54) is 18.3 Å². The van der Waals surface area contributed by atoms with Gasteiger partial charge in [-0.25, -0.2) is 4.98 Å². The van der Waals surface area contributed by atoms with Crippen LogP contribution in [0.15, 0.2) is 48.5 Å². The van der Waals surface area contributed by atoms with Gasteiger partial charge in [-0.1, -0.05) is 53.8 Å². The van der Waals surface area contributed by atoms with Gasteiger partial charge in [-0.15, -0.1) is 0 Å². The molecule has 0 fully saturated rings. The van der Waals surface area contributed by atoms with E-state index in [1.807, 2.05) is 55.5 Å². The normalized spacial score (nSPS) is 11.9. The molecular weight excluding hydrogens is 334 g/mol. The Kier molecular flexibility index (Phi) is 5.09. The van der Waals surface area contributed by atoms with Crippen LogP contribution in [-0.2, 0) is 9.59 Å². The van der Waals surface area contributed by atoms with Crippen molar-refractivity contribution in [3.05, 3.63) is 59.7 Å². The Morgan fingerprint density at radius 2 is 1.88 bits per heavy atom. The standard InChI is InChI=1S/C19H19N3O2S/c1-12-7-6-10-16-18(12)22-19(25-16)21-17(24)11-15(20-13(2)23)14-8-4-3-5-9-14/h3-10,15H,11H2,1-2H3,(H,20,23)(H,21,22,24). The number of hydrogen-bond donors (Lipinski definition) is 2. The minimum atomic E-state index is -0.366. The third-order valence-corrected chi connectivity index (χ3v) is 4.77. The molecule has 0 spiro atoms. The van der Waals surface area contributed by atoms with E-state index in [2.05, 4.69) is 15.6 Å². The number of anilines is 1. The predicted octanol–water partition coefficient (Wildman–Crippen LogP) is 3.81. The number of rotatable bonds is 5. The molecule has 5 nitrogen and oxygen atoms in total. The van der Waals surface area contributed by atoms with E-state index in [4.69, 9.17) is 0 Å². The van der Waals surface area contributed by atoms with Crippen LogP contribution in [0.4, 0.5) is 5.13 Å². The van der Waals surface area contributed by atoms with Gasteiger partial charge < -0.3 is 10.6 Å². The minimum absolute atomic E-state index is 0.151. The van der Waals surface area contributed by atoms with Gasteiger partial charge in [0.1, 0.15) is 0 Å². The first kappa shape index (κ1) is 17.1. The van der Waals surface area contributed by atoms with Crippen LogP contribution in [0.5, 0.6) is 0 Å². The highest BCUT2D eigenvalue weighted by molar-refractivity contribution is 7.22. The Hall–Kier alpha value is -2.73. The molecule has 1 aromatic heterocycles. The van der Waals surface area contributed by atoms with Crippen LogP contribution in [-0.4, -0.2) is 16.8 Å². The molecule has 0 aliphatic heterocycles. The summed E-state index contributed by atoms with van der Waals surface area (Å²) in [6.45, 7) is 3.44. The van der Waals surface area contributed by atoms with Crippen LogP contribution >= 0.6 is 11.3 Å². The largest absolute Gasteiger partial charge is 0.349 e. The van der Waals surface area contributed by atoms with Crippen LogP contribution in [0.1, 0.15) is 30.5 Å². The summed E-state index contributed by atoms with van der Waals surface area (Å²) in [5.41, 5.74) is 2.88. The van der Waals surface area contributed by atoms with E-state index >= 15 is 0 Å². The van der Waals surface area contributed by atoms with Crippen molar-refractivity contribution in [2.24, 2.45) is 0 Å². The van der Waals surface area contributed by atoms with Gasteiger partial charge in [-0.2, -0.15) is 0 Å². The molecule has 3 aromatic rings. The average molecular weight is 353 g/mol. The molecule has 3 rings (SSSR count). The number of nitrogens with one attached hydrogen (secondary N) is 2. The van der Waals surface area contributed by atoms with Crippen LogP contribution in [0.3, 0.4) is 0 Å². The smallest absolute Gasteiger partial charge is 0.228 e. The molecule has 1 atom stereocenters. The monoisotopic (exact) mass is 353 g/mol. The van der Waals surface area contributed by atoms with Crippen molar-refractivity contribution < 1.29 is 9.59 Å². The van der Waals surface area contributed by atoms with Crippen molar-refractivity contribution in [1.82, 2.24) is 10.3 Å². The number of para-hydroxylation sites is 1. The van der Waals surface area contributed by atoms with E-state index in [-0.39, 0.29) is 24.3 Å². The van der Waals surface area contributed by atoms with Crippen molar-refractivity contribution in [1.29, 1.82) is 0 Å². The van der Waals surface area contributed by atoms with Gasteiger partial charge in [-0.3, -0.25) is 9.59 Å². The van der Waals surface area contributed by atoms with Gasteiger partial charge in [0.05, 0.1) is 22.7 Å². The summed E-state index contributed by atoms with van der Waals surface area (Å²) < 4.78 is 1.04. The summed E-state index contributed by atoms with van der Waals surface area (Å²) in [5, 5.41) is 6.25. The number of nitrogens with zero attached hydrogens (tertiary/aromatic N) is 1. The van der Waals surface area contributed by atoms with Crippen molar-refractivity contribution in [2.45, 2.75) is 26.3 Å². The molecule has 0 saturated carbocycles. The number of aryl methyl sites for hydroxylation is 1. The number of aromatic nitrogens is 1. The average Bonchev–Trinajstić information content (AvgIpc) is 2.98. The minimum Gasteiger partial charge on any atom is -0.349 e. The molecule has 2 N–H and O–H groups in total. The summed E-state index contributed by atoms with van der Waals surface area (Å²) in [4.78, 5) is 28.4. The lowest BCUT2D eigenvalue weighted by atomic mass is 10.0. The molecule has 6 heteroatoms. The van der Waals surface area contributed by atoms with Crippen molar-refractivity contribution in [3.8, 4) is 0 Å². The lowest BCUT2D eigenvalue weighted by molar-refractivity contribution is -0.120. The predicted molar refractivity (Wildman–Crippen MR) is 101 cm³/mol. The molecule has 0 saturated heterocycles. The Morgan fingerprint density at radius 1 is 1.12 bits per heavy atom. The van der Waals surface area contributed by atoms with Crippen molar-refractivity contribution in [2.75, 3.05) is 5.32 Å². The third-order valence-electron chi connectivity index (χ3n) is 3.84. The van der Waals surface area contributed by atoms with E-state index in [0.29, 0.717) is 5.13 Å². The molecular formula is C19H19N3O2S. The Balaban J connectivity index is 1.74. The second-order valence-electron chi connectivity index (χ2n) is 5.86. The summed E-state index contributed by atoms with van der Waals surface area (Å²) in [6, 6.07) is 15.1. The van der Waals surface area contributed by atoms with Crippen LogP contribution in [0, 0.1) is 6.92 Å². The maximum Gasteiger partial charge on any atom is 0.228 e. The highest BCUT2D eigenvalue weighted by atomic mass is 32.1. The first-order valence-electron chi connectivity index (χ1n) is 8.01. The zero-order valence-corrected chi connectivity index (χ0v) is 14.9. The summed E-state index contributed by atoms with van der Waals surface area (Å²) in [7, 11) is 0. The Morgan fingerprint density at radius 3 is 2.56 bits per heavy atom. The fourth-order valence-electron chi connectivity index (χ4n) is 2.68. The van der Waals surface area contributed by atoms with E-state index in [9.17, 15) is 9.59 Å². The molecule has 0 aliphatic rings. The van der Waals surface area contributed by atoms with Gasteiger partial charge in [0.15, 0.2) is 5.13 Å². The van der Waals surface area contributed by atoms with Gasteiger partial charge >= 0.3 is 0 Å². The second kappa shape index (κ2) is 7.44. The zero-order valence-electron chi connectivity index (χ0n) is 14.1. The van der Waals surface area contributed by atoms with Gasteiger partial charge in [0, 0.05) is 6.92 Å². The number of benzene rings is 2. The quantitative estimate of drug-likeness (QED) is 0.733. The molecule has 2 aromatic carbocycles. The fourth-order valence-corrected chi connectivity index (χ4v) is 3.64. The van der Waals surface area contributed by atoms with E-state index < -0.39 is 0 Å². The van der Waals surface area contributed by atoms with Gasteiger partial charge in [-0.05, 0) is 24.1 Å².